The topological polar surface area (TPSA) is 70.7 Å². The normalized spacial score (nSPS) is 17.7. The Morgan fingerprint density at radius 2 is 1.93 bits per heavy atom. The van der Waals surface area contributed by atoms with Crippen LogP contribution in [0.1, 0.15) is 28.8 Å². The first kappa shape index (κ1) is 18.3. The molecule has 6 heteroatoms. The minimum Gasteiger partial charge on any atom is -0.449 e. The van der Waals surface area contributed by atoms with E-state index in [2.05, 4.69) is 15.5 Å². The number of nitrogens with zero attached hydrogens (tertiary/aromatic N) is 1. The van der Waals surface area contributed by atoms with Crippen molar-refractivity contribution in [3.8, 4) is 5.75 Å². The van der Waals surface area contributed by atoms with Gasteiger partial charge in [0.1, 0.15) is 0 Å². The second-order valence-corrected chi connectivity index (χ2v) is 6.99. The number of benzene rings is 2. The summed E-state index contributed by atoms with van der Waals surface area (Å²) >= 11 is 0. The summed E-state index contributed by atoms with van der Waals surface area (Å²) in [6.45, 7) is 3.70. The van der Waals surface area contributed by atoms with Crippen LogP contribution in [0.4, 0.5) is 5.69 Å². The summed E-state index contributed by atoms with van der Waals surface area (Å²) in [6.07, 6.45) is 4.16. The second-order valence-electron chi connectivity index (χ2n) is 6.99. The fourth-order valence-corrected chi connectivity index (χ4v) is 3.44. The molecule has 1 saturated heterocycles. The van der Waals surface area contributed by atoms with E-state index in [4.69, 9.17) is 4.74 Å². The Balaban J connectivity index is 1.41. The fourth-order valence-electron chi connectivity index (χ4n) is 3.44. The lowest BCUT2D eigenvalue weighted by molar-refractivity contribution is -0.115. The quantitative estimate of drug-likeness (QED) is 0.786. The van der Waals surface area contributed by atoms with Crippen molar-refractivity contribution in [2.75, 3.05) is 31.5 Å². The van der Waals surface area contributed by atoms with E-state index in [1.807, 2.05) is 30.3 Å². The molecule has 0 unspecified atom stereocenters. The average Bonchev–Trinajstić information content (AvgIpc) is 3.22. The molecule has 0 spiro atoms. The van der Waals surface area contributed by atoms with Crippen molar-refractivity contribution < 1.29 is 14.3 Å². The lowest BCUT2D eigenvalue weighted by Crippen LogP contribution is -2.33. The van der Waals surface area contributed by atoms with Gasteiger partial charge in [-0.3, -0.25) is 9.59 Å². The van der Waals surface area contributed by atoms with Gasteiger partial charge in [-0.25, -0.2) is 0 Å². The molecule has 1 fully saturated rings. The van der Waals surface area contributed by atoms with Crippen LogP contribution in [-0.4, -0.2) is 42.9 Å². The zero-order valence-electron chi connectivity index (χ0n) is 15.6. The first-order chi connectivity index (χ1) is 13.7. The molecular formula is C22H23N3O3. The van der Waals surface area contributed by atoms with Crippen LogP contribution in [0.5, 0.6) is 5.75 Å². The number of fused-ring (bicyclic) bond motifs is 1. The molecule has 0 aliphatic carbocycles. The standard InChI is InChI=1S/C22H23N3O3/c26-21(23-10-13-25-11-4-5-12-25)17-8-9-19-18(15-17)24-22(27)20(28-19)14-16-6-2-1-3-7-16/h1-3,6-9,14-15H,4-5,10-13H2,(H,23,26)(H,24,27). The Labute approximate surface area is 164 Å². The highest BCUT2D eigenvalue weighted by atomic mass is 16.5. The summed E-state index contributed by atoms with van der Waals surface area (Å²) in [4.78, 5) is 27.1. The molecule has 2 aliphatic rings. The molecule has 0 saturated carbocycles. The Bertz CT molecular complexity index is 902. The van der Waals surface area contributed by atoms with Gasteiger partial charge in [-0.1, -0.05) is 30.3 Å². The van der Waals surface area contributed by atoms with Crippen LogP contribution in [0.25, 0.3) is 6.08 Å². The predicted octanol–water partition coefficient (Wildman–Crippen LogP) is 2.88. The molecule has 6 nitrogen and oxygen atoms in total. The maximum absolute atomic E-state index is 12.4. The Morgan fingerprint density at radius 1 is 1.14 bits per heavy atom. The van der Waals surface area contributed by atoms with E-state index in [9.17, 15) is 9.59 Å². The molecular weight excluding hydrogens is 354 g/mol. The number of carbonyl (C=O) groups excluding carboxylic acids is 2. The third kappa shape index (κ3) is 4.23. The number of anilines is 1. The van der Waals surface area contributed by atoms with E-state index in [-0.39, 0.29) is 17.6 Å². The molecule has 2 aliphatic heterocycles. The van der Waals surface area contributed by atoms with Gasteiger partial charge in [0.2, 0.25) is 0 Å². The summed E-state index contributed by atoms with van der Waals surface area (Å²) in [6, 6.07) is 14.6. The van der Waals surface area contributed by atoms with Crippen molar-refractivity contribution in [2.45, 2.75) is 12.8 Å². The van der Waals surface area contributed by atoms with Crippen LogP contribution < -0.4 is 15.4 Å². The van der Waals surface area contributed by atoms with Crippen LogP contribution in [0.3, 0.4) is 0 Å². The summed E-state index contributed by atoms with van der Waals surface area (Å²) < 4.78 is 5.74. The third-order valence-electron chi connectivity index (χ3n) is 4.94. The summed E-state index contributed by atoms with van der Waals surface area (Å²) in [5, 5.41) is 5.75. The second kappa shape index (κ2) is 8.27. The molecule has 144 valence electrons. The number of hydrogen-bond donors (Lipinski definition) is 2. The number of ether oxygens (including phenoxy) is 1. The lowest BCUT2D eigenvalue weighted by atomic mass is 10.1. The van der Waals surface area contributed by atoms with E-state index >= 15 is 0 Å². The van der Waals surface area contributed by atoms with E-state index in [1.54, 1.807) is 24.3 Å². The summed E-state index contributed by atoms with van der Waals surface area (Å²) in [5.74, 6) is 0.265. The molecule has 2 N–H and O–H groups in total. The third-order valence-corrected chi connectivity index (χ3v) is 4.94. The highest BCUT2D eigenvalue weighted by molar-refractivity contribution is 6.09. The molecule has 0 atom stereocenters. The van der Waals surface area contributed by atoms with E-state index in [0.717, 1.165) is 25.2 Å². The summed E-state index contributed by atoms with van der Waals surface area (Å²) in [7, 11) is 0. The lowest BCUT2D eigenvalue weighted by Gasteiger charge is -2.20. The van der Waals surface area contributed by atoms with Gasteiger partial charge in [0, 0.05) is 18.7 Å². The van der Waals surface area contributed by atoms with Crippen LogP contribution in [-0.2, 0) is 4.79 Å². The van der Waals surface area contributed by atoms with Gasteiger partial charge in [-0.05, 0) is 55.8 Å². The van der Waals surface area contributed by atoms with Crippen molar-refractivity contribution in [1.29, 1.82) is 0 Å². The van der Waals surface area contributed by atoms with Gasteiger partial charge in [0.25, 0.3) is 11.8 Å². The highest BCUT2D eigenvalue weighted by Crippen LogP contribution is 2.32. The van der Waals surface area contributed by atoms with Crippen molar-refractivity contribution in [1.82, 2.24) is 10.2 Å². The minimum atomic E-state index is -0.331. The van der Waals surface area contributed by atoms with Crippen molar-refractivity contribution >= 4 is 23.6 Å². The Morgan fingerprint density at radius 3 is 2.71 bits per heavy atom. The molecule has 2 aromatic carbocycles. The summed E-state index contributed by atoms with van der Waals surface area (Å²) in [5.41, 5.74) is 1.88. The van der Waals surface area contributed by atoms with E-state index in [1.165, 1.54) is 12.8 Å². The predicted molar refractivity (Wildman–Crippen MR) is 108 cm³/mol. The smallest absolute Gasteiger partial charge is 0.291 e. The minimum absolute atomic E-state index is 0.151. The van der Waals surface area contributed by atoms with Gasteiger partial charge in [-0.2, -0.15) is 0 Å². The number of amides is 2. The fraction of sp³-hybridized carbons (Fsp3) is 0.273. The molecule has 2 heterocycles. The van der Waals surface area contributed by atoms with Gasteiger partial charge >= 0.3 is 0 Å². The van der Waals surface area contributed by atoms with E-state index < -0.39 is 0 Å². The largest absolute Gasteiger partial charge is 0.449 e. The Hall–Kier alpha value is -3.12. The molecule has 28 heavy (non-hydrogen) atoms. The number of carbonyl (C=O) groups is 2. The number of hydrogen-bond acceptors (Lipinski definition) is 4. The molecule has 2 aromatic rings. The van der Waals surface area contributed by atoms with Gasteiger partial charge in [0.05, 0.1) is 5.69 Å². The molecule has 2 amide bonds. The van der Waals surface area contributed by atoms with Gasteiger partial charge < -0.3 is 20.3 Å². The zero-order chi connectivity index (χ0) is 19.3. The molecule has 0 bridgehead atoms. The van der Waals surface area contributed by atoms with Crippen molar-refractivity contribution in [2.24, 2.45) is 0 Å². The van der Waals surface area contributed by atoms with Crippen molar-refractivity contribution in [3.05, 3.63) is 65.4 Å². The van der Waals surface area contributed by atoms with E-state index in [0.29, 0.717) is 23.5 Å². The average molecular weight is 377 g/mol. The maximum Gasteiger partial charge on any atom is 0.291 e. The number of nitrogens with one attached hydrogen (secondary N) is 2. The molecule has 0 radical (unpaired) electrons. The molecule has 0 aromatic heterocycles. The zero-order valence-corrected chi connectivity index (χ0v) is 15.6. The first-order valence-electron chi connectivity index (χ1n) is 9.59. The number of likely N-dealkylation sites (tertiary alicyclic amines) is 1. The number of rotatable bonds is 5. The monoisotopic (exact) mass is 377 g/mol. The SMILES string of the molecule is O=C1Nc2cc(C(=O)NCCN3CCCC3)ccc2OC1=Cc1ccccc1. The first-order valence-corrected chi connectivity index (χ1v) is 9.59. The van der Waals surface area contributed by atoms with Crippen molar-refractivity contribution in [3.63, 3.8) is 0 Å². The van der Waals surface area contributed by atoms with Crippen LogP contribution in [0, 0.1) is 0 Å². The van der Waals surface area contributed by atoms with Gasteiger partial charge in [0.15, 0.2) is 11.5 Å². The maximum atomic E-state index is 12.4. The van der Waals surface area contributed by atoms with Crippen LogP contribution in [0.2, 0.25) is 0 Å². The molecule has 4 rings (SSSR count). The van der Waals surface area contributed by atoms with Crippen LogP contribution in [0.15, 0.2) is 54.3 Å². The highest BCUT2D eigenvalue weighted by Gasteiger charge is 2.23. The van der Waals surface area contributed by atoms with Crippen LogP contribution >= 0.6 is 0 Å². The Kier molecular flexibility index (Phi) is 5.39. The van der Waals surface area contributed by atoms with Gasteiger partial charge in [-0.15, -0.1) is 0 Å².